The van der Waals surface area contributed by atoms with Gasteiger partial charge in [-0.2, -0.15) is 0 Å². The van der Waals surface area contributed by atoms with Gasteiger partial charge in [-0.05, 0) is 42.7 Å². The summed E-state index contributed by atoms with van der Waals surface area (Å²) >= 11 is 0. The third-order valence-electron chi connectivity index (χ3n) is 4.37. The summed E-state index contributed by atoms with van der Waals surface area (Å²) in [4.78, 5) is 12.7. The molecule has 2 aromatic carbocycles. The zero-order valence-corrected chi connectivity index (χ0v) is 12.5. The molecule has 1 aliphatic rings. The first kappa shape index (κ1) is 14.8. The Morgan fingerprint density at radius 1 is 1.00 bits per heavy atom. The van der Waals surface area contributed by atoms with Gasteiger partial charge in [0.15, 0.2) is 5.78 Å². The Morgan fingerprint density at radius 2 is 1.73 bits per heavy atom. The highest BCUT2D eigenvalue weighted by atomic mass is 19.1. The second kappa shape index (κ2) is 6.30. The number of carbonyl (C=O) groups is 1. The van der Waals surface area contributed by atoms with Crippen molar-refractivity contribution in [3.05, 3.63) is 66.0 Å². The molecule has 22 heavy (non-hydrogen) atoms. The largest absolute Gasteiger partial charge is 0.373 e. The van der Waals surface area contributed by atoms with Gasteiger partial charge in [0.2, 0.25) is 0 Å². The lowest BCUT2D eigenvalue weighted by molar-refractivity contribution is -0.125. The molecule has 3 rings (SSSR count). The van der Waals surface area contributed by atoms with Crippen LogP contribution in [0.25, 0.3) is 0 Å². The number of hydrogen-bond donors (Lipinski definition) is 1. The van der Waals surface area contributed by atoms with Crippen molar-refractivity contribution < 1.29 is 9.18 Å². The third-order valence-corrected chi connectivity index (χ3v) is 4.37. The van der Waals surface area contributed by atoms with Gasteiger partial charge in [-0.25, -0.2) is 4.39 Å². The van der Waals surface area contributed by atoms with Crippen LogP contribution in [0, 0.1) is 5.82 Å². The van der Waals surface area contributed by atoms with Crippen molar-refractivity contribution in [1.82, 2.24) is 0 Å². The van der Waals surface area contributed by atoms with Gasteiger partial charge < -0.3 is 5.32 Å². The second-order valence-electron chi connectivity index (χ2n) is 6.01. The first-order valence-corrected chi connectivity index (χ1v) is 7.79. The monoisotopic (exact) mass is 297 g/mol. The SMILES string of the molecule is O=C1CCCCC1(Cc1ccc(F)cc1)Nc1ccccc1. The van der Waals surface area contributed by atoms with Crippen LogP contribution < -0.4 is 5.32 Å². The van der Waals surface area contributed by atoms with E-state index in [1.807, 2.05) is 30.3 Å². The van der Waals surface area contributed by atoms with Crippen LogP contribution in [0.3, 0.4) is 0 Å². The number of Topliss-reactive ketones (excluding diaryl/α,β-unsaturated/α-hetero) is 1. The van der Waals surface area contributed by atoms with Gasteiger partial charge in [-0.3, -0.25) is 4.79 Å². The molecular formula is C19H20FNO. The fourth-order valence-corrected chi connectivity index (χ4v) is 3.20. The van der Waals surface area contributed by atoms with Crippen LogP contribution in [0.5, 0.6) is 0 Å². The van der Waals surface area contributed by atoms with Crippen LogP contribution in [-0.4, -0.2) is 11.3 Å². The van der Waals surface area contributed by atoms with E-state index in [0.29, 0.717) is 12.8 Å². The van der Waals surface area contributed by atoms with Gasteiger partial charge in [0.05, 0.1) is 0 Å². The summed E-state index contributed by atoms with van der Waals surface area (Å²) in [5.74, 6) is 0.00992. The van der Waals surface area contributed by atoms with Gasteiger partial charge in [0.1, 0.15) is 11.4 Å². The van der Waals surface area contributed by atoms with Gasteiger partial charge in [-0.1, -0.05) is 36.8 Å². The van der Waals surface area contributed by atoms with E-state index in [9.17, 15) is 9.18 Å². The fourth-order valence-electron chi connectivity index (χ4n) is 3.20. The summed E-state index contributed by atoms with van der Waals surface area (Å²) < 4.78 is 13.1. The minimum absolute atomic E-state index is 0.246. The third kappa shape index (κ3) is 3.19. The summed E-state index contributed by atoms with van der Waals surface area (Å²) in [7, 11) is 0. The molecule has 114 valence electrons. The van der Waals surface area contributed by atoms with Crippen molar-refractivity contribution >= 4 is 11.5 Å². The Morgan fingerprint density at radius 3 is 2.41 bits per heavy atom. The Bertz CT molecular complexity index is 638. The lowest BCUT2D eigenvalue weighted by atomic mass is 9.76. The average Bonchev–Trinajstić information content (AvgIpc) is 2.54. The van der Waals surface area contributed by atoms with Gasteiger partial charge in [0.25, 0.3) is 0 Å². The average molecular weight is 297 g/mol. The molecular weight excluding hydrogens is 277 g/mol. The van der Waals surface area contributed by atoms with Crippen molar-refractivity contribution in [3.8, 4) is 0 Å². The second-order valence-corrected chi connectivity index (χ2v) is 6.01. The van der Waals surface area contributed by atoms with E-state index in [0.717, 1.165) is 30.5 Å². The van der Waals surface area contributed by atoms with Crippen LogP contribution in [0.2, 0.25) is 0 Å². The molecule has 1 saturated carbocycles. The predicted molar refractivity (Wildman–Crippen MR) is 86.4 cm³/mol. The summed E-state index contributed by atoms with van der Waals surface area (Å²) in [6, 6.07) is 16.3. The number of anilines is 1. The van der Waals surface area contributed by atoms with Crippen LogP contribution in [0.4, 0.5) is 10.1 Å². The Kier molecular flexibility index (Phi) is 4.23. The first-order valence-electron chi connectivity index (χ1n) is 7.79. The summed E-state index contributed by atoms with van der Waals surface area (Å²) in [5, 5.41) is 3.46. The van der Waals surface area contributed by atoms with Crippen molar-refractivity contribution in [2.24, 2.45) is 0 Å². The molecule has 1 aliphatic carbocycles. The van der Waals surface area contributed by atoms with Crippen molar-refractivity contribution in [2.75, 3.05) is 5.32 Å². The van der Waals surface area contributed by atoms with Gasteiger partial charge in [-0.15, -0.1) is 0 Å². The molecule has 0 amide bonds. The smallest absolute Gasteiger partial charge is 0.158 e. The van der Waals surface area contributed by atoms with Crippen LogP contribution >= 0.6 is 0 Å². The van der Waals surface area contributed by atoms with E-state index in [1.54, 1.807) is 12.1 Å². The molecule has 0 bridgehead atoms. The number of carbonyl (C=O) groups excluding carboxylic acids is 1. The summed E-state index contributed by atoms with van der Waals surface area (Å²) in [5.41, 5.74) is 1.37. The number of halogens is 1. The van der Waals surface area contributed by atoms with E-state index in [4.69, 9.17) is 0 Å². The Hall–Kier alpha value is -2.16. The van der Waals surface area contributed by atoms with Crippen molar-refractivity contribution in [2.45, 2.75) is 37.6 Å². The van der Waals surface area contributed by atoms with Crippen molar-refractivity contribution in [3.63, 3.8) is 0 Å². The van der Waals surface area contributed by atoms with Crippen LogP contribution in [-0.2, 0) is 11.2 Å². The lowest BCUT2D eigenvalue weighted by Crippen LogP contribution is -2.50. The number of ketones is 1. The minimum atomic E-state index is -0.572. The molecule has 2 aromatic rings. The minimum Gasteiger partial charge on any atom is -0.373 e. The van der Waals surface area contributed by atoms with Crippen LogP contribution in [0.15, 0.2) is 54.6 Å². The molecule has 3 heteroatoms. The maximum Gasteiger partial charge on any atom is 0.158 e. The molecule has 1 fully saturated rings. The van der Waals surface area contributed by atoms with E-state index >= 15 is 0 Å². The maximum atomic E-state index is 13.1. The molecule has 2 nitrogen and oxygen atoms in total. The standard InChI is InChI=1S/C19H20FNO/c20-16-11-9-15(10-12-16)14-19(13-5-4-8-18(19)22)21-17-6-2-1-3-7-17/h1-3,6-7,9-12,21H,4-5,8,13-14H2. The molecule has 0 aliphatic heterocycles. The van der Waals surface area contributed by atoms with Gasteiger partial charge in [0, 0.05) is 18.5 Å². The van der Waals surface area contributed by atoms with E-state index in [1.165, 1.54) is 12.1 Å². The Labute approximate surface area is 130 Å². The van der Waals surface area contributed by atoms with E-state index in [2.05, 4.69) is 5.32 Å². The van der Waals surface area contributed by atoms with Crippen LogP contribution in [0.1, 0.15) is 31.2 Å². The number of benzene rings is 2. The van der Waals surface area contributed by atoms with Crippen molar-refractivity contribution in [1.29, 1.82) is 0 Å². The van der Waals surface area contributed by atoms with Gasteiger partial charge >= 0.3 is 0 Å². The zero-order chi connectivity index (χ0) is 15.4. The number of para-hydroxylation sites is 1. The normalized spacial score (nSPS) is 21.6. The lowest BCUT2D eigenvalue weighted by Gasteiger charge is -2.37. The van der Waals surface area contributed by atoms with E-state index in [-0.39, 0.29) is 11.6 Å². The van der Waals surface area contributed by atoms with E-state index < -0.39 is 5.54 Å². The molecule has 0 heterocycles. The summed E-state index contributed by atoms with van der Waals surface area (Å²) in [6.45, 7) is 0. The highest BCUT2D eigenvalue weighted by molar-refractivity contribution is 5.92. The molecule has 1 atom stereocenters. The summed E-state index contributed by atoms with van der Waals surface area (Å²) in [6.07, 6.45) is 4.02. The maximum absolute atomic E-state index is 13.1. The fraction of sp³-hybridized carbons (Fsp3) is 0.316. The number of hydrogen-bond acceptors (Lipinski definition) is 2. The topological polar surface area (TPSA) is 29.1 Å². The molecule has 0 spiro atoms. The number of nitrogens with one attached hydrogen (secondary N) is 1. The zero-order valence-electron chi connectivity index (χ0n) is 12.5. The predicted octanol–water partition coefficient (Wildman–Crippen LogP) is 4.36. The molecule has 1 unspecified atom stereocenters. The molecule has 0 saturated heterocycles. The highest BCUT2D eigenvalue weighted by Crippen LogP contribution is 2.32. The first-order chi connectivity index (χ1) is 10.7. The molecule has 1 N–H and O–H groups in total. The quantitative estimate of drug-likeness (QED) is 0.908. The number of rotatable bonds is 4. The highest BCUT2D eigenvalue weighted by Gasteiger charge is 2.39. The molecule has 0 radical (unpaired) electrons. The molecule has 0 aromatic heterocycles. The Balaban J connectivity index is 1.89.